The number of methoxy groups -OCH3 is 1. The molecular formula is C31H37NO12. The van der Waals surface area contributed by atoms with Crippen LogP contribution in [0.15, 0.2) is 18.2 Å². The second kappa shape index (κ2) is 11.7. The lowest BCUT2D eigenvalue weighted by molar-refractivity contribution is -0.263. The summed E-state index contributed by atoms with van der Waals surface area (Å²) >= 11 is 0. The van der Waals surface area contributed by atoms with Crippen molar-refractivity contribution in [3.05, 3.63) is 51.6 Å². The number of phenolic OH excluding ortho intramolecular Hbond substituents is 2. The molecule has 2 aliphatic heterocycles. The van der Waals surface area contributed by atoms with E-state index in [-0.39, 0.29) is 46.9 Å². The highest BCUT2D eigenvalue weighted by Gasteiger charge is 2.50. The normalized spacial score (nSPS) is 31.2. The zero-order chi connectivity index (χ0) is 31.5. The fourth-order valence-corrected chi connectivity index (χ4v) is 7.06. The number of rotatable bonds is 6. The summed E-state index contributed by atoms with van der Waals surface area (Å²) in [6.07, 6.45) is -5.99. The minimum Gasteiger partial charge on any atom is -0.507 e. The molecule has 4 aliphatic rings. The van der Waals surface area contributed by atoms with Crippen molar-refractivity contribution in [2.24, 2.45) is 0 Å². The number of ether oxygens (including phenoxy) is 4. The average molecular weight is 616 g/mol. The molecule has 0 amide bonds. The van der Waals surface area contributed by atoms with E-state index in [2.05, 4.69) is 4.90 Å². The molecule has 0 saturated carbocycles. The predicted molar refractivity (Wildman–Crippen MR) is 151 cm³/mol. The first-order chi connectivity index (χ1) is 21.0. The van der Waals surface area contributed by atoms with Crippen LogP contribution >= 0.6 is 0 Å². The van der Waals surface area contributed by atoms with Crippen LogP contribution in [0.4, 0.5) is 0 Å². The zero-order valence-corrected chi connectivity index (χ0v) is 24.4. The van der Waals surface area contributed by atoms with Gasteiger partial charge in [0.2, 0.25) is 5.78 Å². The van der Waals surface area contributed by atoms with E-state index >= 15 is 0 Å². The summed E-state index contributed by atoms with van der Waals surface area (Å²) in [5.41, 5.74) is -3.14. The first-order valence-electron chi connectivity index (χ1n) is 14.7. The Morgan fingerprint density at radius 2 is 1.80 bits per heavy atom. The number of carbonyl (C=O) groups excluding carboxylic acids is 2. The van der Waals surface area contributed by atoms with E-state index in [1.807, 2.05) is 0 Å². The number of aliphatic hydroxyl groups excluding tert-OH is 3. The Morgan fingerprint density at radius 1 is 1.09 bits per heavy atom. The summed E-state index contributed by atoms with van der Waals surface area (Å²) in [5, 5.41) is 66.1. The third-order valence-corrected chi connectivity index (χ3v) is 9.40. The number of nitrogens with zero attached hydrogens (tertiary/aromatic N) is 1. The minimum atomic E-state index is -2.04. The highest BCUT2D eigenvalue weighted by molar-refractivity contribution is 6.31. The standard InChI is InChI=1S/C31H37NO12/c1-14-26(35)17(32-6-8-42-9-7-32)10-21(43-14)44-19-12-31(40,20(34)13-33)11-16-23(19)30(39)25-24(28(16)37)27(36)15-4-3-5-18(41-2)22(15)29(25)38/h3-5,14,17,19-21,26,33-35,37,39-40H,6-13H2,1-2H3/t14-,17+,19+,20+,21-,26-,31-/m0/s1. The third kappa shape index (κ3) is 4.88. The number of benzene rings is 2. The Balaban J connectivity index is 1.44. The van der Waals surface area contributed by atoms with Gasteiger partial charge in [0.15, 0.2) is 12.1 Å². The van der Waals surface area contributed by atoms with Crippen molar-refractivity contribution < 1.29 is 59.2 Å². The van der Waals surface area contributed by atoms with E-state index < -0.39 is 83.5 Å². The molecule has 2 aromatic carbocycles. The Hall–Kier alpha value is -3.14. The molecule has 238 valence electrons. The minimum absolute atomic E-state index is 0.0249. The molecule has 2 fully saturated rings. The second-order valence-corrected chi connectivity index (χ2v) is 11.9. The fraction of sp³-hybridized carbons (Fsp3) is 0.548. The SMILES string of the molecule is COc1cccc2c1C(=O)c1c(O)c3c(c(O)c1C2=O)C[C@@](O)([C@H](O)CO)C[C@H]3O[C@H]1C[C@@H](N2CCOCC2)[C@@H](O)[C@H](C)O1. The van der Waals surface area contributed by atoms with Crippen molar-refractivity contribution in [1.29, 1.82) is 0 Å². The molecule has 2 heterocycles. The number of hydrogen-bond donors (Lipinski definition) is 6. The first-order valence-corrected chi connectivity index (χ1v) is 14.7. The van der Waals surface area contributed by atoms with Crippen molar-refractivity contribution in [3.8, 4) is 17.2 Å². The molecule has 7 atom stereocenters. The Morgan fingerprint density at radius 3 is 2.48 bits per heavy atom. The molecule has 2 aliphatic carbocycles. The number of aliphatic hydroxyl groups is 4. The first kappa shape index (κ1) is 30.9. The van der Waals surface area contributed by atoms with E-state index in [0.29, 0.717) is 26.3 Å². The van der Waals surface area contributed by atoms with Gasteiger partial charge in [0.1, 0.15) is 23.4 Å². The van der Waals surface area contributed by atoms with E-state index in [1.54, 1.807) is 6.92 Å². The van der Waals surface area contributed by atoms with E-state index in [4.69, 9.17) is 18.9 Å². The van der Waals surface area contributed by atoms with Crippen LogP contribution < -0.4 is 4.74 Å². The summed E-state index contributed by atoms with van der Waals surface area (Å²) in [7, 11) is 1.34. The predicted octanol–water partition coefficient (Wildman–Crippen LogP) is 0.167. The lowest BCUT2D eigenvalue weighted by Crippen LogP contribution is -2.58. The van der Waals surface area contributed by atoms with Gasteiger partial charge < -0.3 is 49.6 Å². The summed E-state index contributed by atoms with van der Waals surface area (Å²) in [6.45, 7) is 3.08. The molecule has 0 radical (unpaired) electrons. The number of ketones is 2. The number of aromatic hydroxyl groups is 2. The molecule has 6 N–H and O–H groups in total. The average Bonchev–Trinajstić information content (AvgIpc) is 3.02. The van der Waals surface area contributed by atoms with Crippen molar-refractivity contribution in [2.45, 2.75) is 68.5 Å². The Bertz CT molecular complexity index is 1470. The van der Waals surface area contributed by atoms with Gasteiger partial charge in [-0.2, -0.15) is 0 Å². The lowest BCUT2D eigenvalue weighted by Gasteiger charge is -2.46. The lowest BCUT2D eigenvalue weighted by atomic mass is 9.71. The molecule has 0 aromatic heterocycles. The van der Waals surface area contributed by atoms with E-state index in [1.165, 1.54) is 25.3 Å². The van der Waals surface area contributed by atoms with Gasteiger partial charge in [-0.25, -0.2) is 0 Å². The van der Waals surface area contributed by atoms with Gasteiger partial charge in [0, 0.05) is 55.1 Å². The van der Waals surface area contributed by atoms with Crippen LogP contribution in [0.25, 0.3) is 0 Å². The van der Waals surface area contributed by atoms with E-state index in [0.717, 1.165) is 0 Å². The zero-order valence-electron chi connectivity index (χ0n) is 24.4. The monoisotopic (exact) mass is 615 g/mol. The number of fused-ring (bicyclic) bond motifs is 3. The highest BCUT2D eigenvalue weighted by atomic mass is 16.7. The van der Waals surface area contributed by atoms with Gasteiger partial charge in [-0.3, -0.25) is 14.5 Å². The smallest absolute Gasteiger partial charge is 0.202 e. The van der Waals surface area contributed by atoms with Crippen LogP contribution in [-0.2, 0) is 20.6 Å². The molecule has 0 bridgehead atoms. The van der Waals surface area contributed by atoms with Gasteiger partial charge in [-0.15, -0.1) is 0 Å². The van der Waals surface area contributed by atoms with Gasteiger partial charge in [0.05, 0.1) is 67.5 Å². The molecule has 2 saturated heterocycles. The van der Waals surface area contributed by atoms with Gasteiger partial charge in [0.25, 0.3) is 0 Å². The molecule has 0 unspecified atom stereocenters. The summed E-state index contributed by atoms with van der Waals surface area (Å²) in [5.74, 6) is -2.60. The van der Waals surface area contributed by atoms with Crippen molar-refractivity contribution in [3.63, 3.8) is 0 Å². The maximum absolute atomic E-state index is 13.8. The van der Waals surface area contributed by atoms with Crippen molar-refractivity contribution in [2.75, 3.05) is 40.0 Å². The fourth-order valence-electron chi connectivity index (χ4n) is 7.06. The van der Waals surface area contributed by atoms with Crippen LogP contribution in [0.1, 0.15) is 68.8 Å². The van der Waals surface area contributed by atoms with Crippen LogP contribution in [0, 0.1) is 0 Å². The van der Waals surface area contributed by atoms with Crippen molar-refractivity contribution >= 4 is 11.6 Å². The Kier molecular flexibility index (Phi) is 8.18. The number of hydrogen-bond acceptors (Lipinski definition) is 13. The van der Waals surface area contributed by atoms with Crippen LogP contribution in [0.5, 0.6) is 17.2 Å². The van der Waals surface area contributed by atoms with Crippen molar-refractivity contribution in [1.82, 2.24) is 4.90 Å². The molecule has 0 spiro atoms. The molecule has 13 nitrogen and oxygen atoms in total. The molecule has 13 heteroatoms. The molecular weight excluding hydrogens is 578 g/mol. The molecule has 2 aromatic rings. The summed E-state index contributed by atoms with van der Waals surface area (Å²) < 4.78 is 23.1. The third-order valence-electron chi connectivity index (χ3n) is 9.40. The molecule has 6 rings (SSSR count). The maximum atomic E-state index is 13.8. The summed E-state index contributed by atoms with van der Waals surface area (Å²) in [6, 6.07) is 4.09. The van der Waals surface area contributed by atoms with Gasteiger partial charge >= 0.3 is 0 Å². The van der Waals surface area contributed by atoms with Crippen LogP contribution in [-0.4, -0.2) is 123 Å². The second-order valence-electron chi connectivity index (χ2n) is 11.9. The van der Waals surface area contributed by atoms with Gasteiger partial charge in [-0.05, 0) is 13.0 Å². The van der Waals surface area contributed by atoms with E-state index in [9.17, 15) is 40.2 Å². The molecule has 44 heavy (non-hydrogen) atoms. The largest absolute Gasteiger partial charge is 0.507 e. The Labute approximate surface area is 253 Å². The number of carbonyl (C=O) groups is 2. The highest BCUT2D eigenvalue weighted by Crippen LogP contribution is 2.53. The number of morpholine rings is 1. The van der Waals surface area contributed by atoms with Gasteiger partial charge in [-0.1, -0.05) is 12.1 Å². The van der Waals surface area contributed by atoms with Crippen LogP contribution in [0.2, 0.25) is 0 Å². The maximum Gasteiger partial charge on any atom is 0.202 e. The number of phenols is 2. The topological polar surface area (TPSA) is 196 Å². The van der Waals surface area contributed by atoms with Crippen LogP contribution in [0.3, 0.4) is 0 Å². The summed E-state index contributed by atoms with van der Waals surface area (Å²) in [4.78, 5) is 29.6. The quantitative estimate of drug-likeness (QED) is 0.206.